The number of aliphatic hydroxyl groups is 1. The minimum atomic E-state index is -0.396. The van der Waals surface area contributed by atoms with Crippen LogP contribution in [0, 0.1) is 17.3 Å². The van der Waals surface area contributed by atoms with Gasteiger partial charge in [0.15, 0.2) is 0 Å². The van der Waals surface area contributed by atoms with Crippen molar-refractivity contribution in [3.63, 3.8) is 0 Å². The molecule has 0 aliphatic heterocycles. The molecule has 1 heteroatoms. The van der Waals surface area contributed by atoms with Gasteiger partial charge in [-0.1, -0.05) is 27.7 Å². The summed E-state index contributed by atoms with van der Waals surface area (Å²) in [4.78, 5) is 0. The predicted octanol–water partition coefficient (Wildman–Crippen LogP) is 3.61. The van der Waals surface area contributed by atoms with Gasteiger partial charge < -0.3 is 5.11 Å². The Bertz CT molecular complexity index is 171. The zero-order chi connectivity index (χ0) is 11.0. The van der Waals surface area contributed by atoms with Gasteiger partial charge in [0.25, 0.3) is 0 Å². The van der Waals surface area contributed by atoms with Gasteiger partial charge in [0.1, 0.15) is 0 Å². The fraction of sp³-hybridized carbons (Fsp3) is 1.00. The van der Waals surface area contributed by atoms with Gasteiger partial charge in [0, 0.05) is 0 Å². The van der Waals surface area contributed by atoms with E-state index in [4.69, 9.17) is 0 Å². The molecule has 0 aromatic heterocycles. The zero-order valence-corrected chi connectivity index (χ0v) is 10.4. The van der Waals surface area contributed by atoms with Crippen molar-refractivity contribution in [1.29, 1.82) is 0 Å². The molecule has 14 heavy (non-hydrogen) atoms. The Kier molecular flexibility index (Phi) is 3.30. The van der Waals surface area contributed by atoms with E-state index in [2.05, 4.69) is 27.7 Å². The van der Waals surface area contributed by atoms with Gasteiger partial charge in [-0.25, -0.2) is 0 Å². The Balaban J connectivity index is 2.75. The largest absolute Gasteiger partial charge is 0.390 e. The molecule has 84 valence electrons. The lowest BCUT2D eigenvalue weighted by molar-refractivity contribution is -0.0530. The van der Waals surface area contributed by atoms with E-state index in [-0.39, 0.29) is 0 Å². The Hall–Kier alpha value is -0.0400. The van der Waals surface area contributed by atoms with Gasteiger partial charge in [-0.15, -0.1) is 0 Å². The highest BCUT2D eigenvalue weighted by molar-refractivity contribution is 4.94. The van der Waals surface area contributed by atoms with Crippen LogP contribution in [-0.4, -0.2) is 10.7 Å². The average molecular weight is 198 g/mol. The molecule has 0 aromatic carbocycles. The van der Waals surface area contributed by atoms with Crippen LogP contribution in [0.1, 0.15) is 60.3 Å². The van der Waals surface area contributed by atoms with Gasteiger partial charge in [-0.2, -0.15) is 0 Å². The number of hydrogen-bond acceptors (Lipinski definition) is 1. The molecule has 0 spiro atoms. The summed E-state index contributed by atoms with van der Waals surface area (Å²) in [5.74, 6) is 1.47. The van der Waals surface area contributed by atoms with E-state index in [9.17, 15) is 5.11 Å². The lowest BCUT2D eigenvalue weighted by Crippen LogP contribution is -2.42. The van der Waals surface area contributed by atoms with Crippen LogP contribution in [-0.2, 0) is 0 Å². The minimum absolute atomic E-state index is 0.396. The minimum Gasteiger partial charge on any atom is -0.390 e. The standard InChI is InChI=1S/C13H26O/c1-10(2)13(11(3)4)8-6-12(5,14)7-9-13/h10-11,14H,6-9H2,1-5H3. The van der Waals surface area contributed by atoms with Crippen LogP contribution in [0.15, 0.2) is 0 Å². The smallest absolute Gasteiger partial charge is 0.0620 e. The van der Waals surface area contributed by atoms with E-state index < -0.39 is 5.60 Å². The number of rotatable bonds is 2. The maximum Gasteiger partial charge on any atom is 0.0620 e. The van der Waals surface area contributed by atoms with Crippen molar-refractivity contribution >= 4 is 0 Å². The maximum absolute atomic E-state index is 9.97. The van der Waals surface area contributed by atoms with Crippen molar-refractivity contribution in [3.8, 4) is 0 Å². The first-order valence-electron chi connectivity index (χ1n) is 6.02. The van der Waals surface area contributed by atoms with Crippen molar-refractivity contribution < 1.29 is 5.11 Å². The van der Waals surface area contributed by atoms with Gasteiger partial charge >= 0.3 is 0 Å². The summed E-state index contributed by atoms with van der Waals surface area (Å²) in [5, 5.41) is 9.97. The van der Waals surface area contributed by atoms with Crippen LogP contribution in [0.4, 0.5) is 0 Å². The van der Waals surface area contributed by atoms with Crippen molar-refractivity contribution in [2.45, 2.75) is 65.9 Å². The number of hydrogen-bond donors (Lipinski definition) is 1. The highest BCUT2D eigenvalue weighted by Gasteiger charge is 2.43. The molecule has 1 saturated carbocycles. The lowest BCUT2D eigenvalue weighted by atomic mass is 9.58. The van der Waals surface area contributed by atoms with Gasteiger partial charge in [-0.3, -0.25) is 0 Å². The molecule has 1 aliphatic rings. The van der Waals surface area contributed by atoms with Crippen molar-refractivity contribution in [3.05, 3.63) is 0 Å². The second kappa shape index (κ2) is 3.84. The lowest BCUT2D eigenvalue weighted by Gasteiger charge is -2.48. The predicted molar refractivity (Wildman–Crippen MR) is 61.2 cm³/mol. The molecule has 0 aromatic rings. The second-order valence-corrected chi connectivity index (χ2v) is 6.04. The molecule has 1 nitrogen and oxygen atoms in total. The molecule has 1 rings (SSSR count). The zero-order valence-electron chi connectivity index (χ0n) is 10.4. The van der Waals surface area contributed by atoms with E-state index in [1.165, 1.54) is 12.8 Å². The fourth-order valence-corrected chi connectivity index (χ4v) is 3.08. The summed E-state index contributed by atoms with van der Waals surface area (Å²) >= 11 is 0. The molecular weight excluding hydrogens is 172 g/mol. The van der Waals surface area contributed by atoms with Crippen molar-refractivity contribution in [1.82, 2.24) is 0 Å². The first-order chi connectivity index (χ1) is 6.30. The van der Waals surface area contributed by atoms with Crippen LogP contribution in [0.3, 0.4) is 0 Å². The van der Waals surface area contributed by atoms with Crippen LogP contribution in [0.2, 0.25) is 0 Å². The Morgan fingerprint density at radius 1 is 0.857 bits per heavy atom. The summed E-state index contributed by atoms with van der Waals surface area (Å²) < 4.78 is 0. The summed E-state index contributed by atoms with van der Waals surface area (Å²) in [6, 6.07) is 0. The van der Waals surface area contributed by atoms with Crippen molar-refractivity contribution in [2.24, 2.45) is 17.3 Å². The monoisotopic (exact) mass is 198 g/mol. The highest BCUT2D eigenvalue weighted by atomic mass is 16.3. The normalized spacial score (nSPS) is 25.7. The Morgan fingerprint density at radius 2 is 1.21 bits per heavy atom. The first-order valence-corrected chi connectivity index (χ1v) is 6.02. The molecule has 0 amide bonds. The molecule has 0 atom stereocenters. The third-order valence-corrected chi connectivity index (χ3v) is 4.56. The summed E-state index contributed by atoms with van der Waals surface area (Å²) in [7, 11) is 0. The first kappa shape index (κ1) is 12.0. The third kappa shape index (κ3) is 2.13. The molecule has 0 radical (unpaired) electrons. The van der Waals surface area contributed by atoms with Crippen LogP contribution >= 0.6 is 0 Å². The Morgan fingerprint density at radius 3 is 1.50 bits per heavy atom. The molecular formula is C13H26O. The molecule has 1 aliphatic carbocycles. The maximum atomic E-state index is 9.97. The highest BCUT2D eigenvalue weighted by Crippen LogP contribution is 2.50. The molecule has 1 N–H and O–H groups in total. The van der Waals surface area contributed by atoms with Crippen LogP contribution < -0.4 is 0 Å². The van der Waals surface area contributed by atoms with Gasteiger partial charge in [0.05, 0.1) is 5.60 Å². The van der Waals surface area contributed by atoms with E-state index >= 15 is 0 Å². The molecule has 0 bridgehead atoms. The topological polar surface area (TPSA) is 20.2 Å². The fourth-order valence-electron chi connectivity index (χ4n) is 3.08. The average Bonchev–Trinajstić information content (AvgIpc) is 2.03. The molecule has 0 unspecified atom stereocenters. The summed E-state index contributed by atoms with van der Waals surface area (Å²) in [6.45, 7) is 11.3. The van der Waals surface area contributed by atoms with Crippen LogP contribution in [0.25, 0.3) is 0 Å². The summed E-state index contributed by atoms with van der Waals surface area (Å²) in [5.41, 5.74) is 0.0789. The quantitative estimate of drug-likeness (QED) is 0.718. The van der Waals surface area contributed by atoms with E-state index in [1.807, 2.05) is 6.92 Å². The SMILES string of the molecule is CC(C)C1(C(C)C)CCC(C)(O)CC1. The molecule has 1 fully saturated rings. The molecule has 0 heterocycles. The summed E-state index contributed by atoms with van der Waals surface area (Å²) in [6.07, 6.45) is 4.33. The van der Waals surface area contributed by atoms with Gasteiger partial charge in [0.2, 0.25) is 0 Å². The van der Waals surface area contributed by atoms with Crippen LogP contribution in [0.5, 0.6) is 0 Å². The van der Waals surface area contributed by atoms with Crippen molar-refractivity contribution in [2.75, 3.05) is 0 Å². The Labute approximate surface area is 88.9 Å². The van der Waals surface area contributed by atoms with E-state index in [0.29, 0.717) is 5.41 Å². The molecule has 0 saturated heterocycles. The van der Waals surface area contributed by atoms with E-state index in [1.54, 1.807) is 0 Å². The second-order valence-electron chi connectivity index (χ2n) is 6.04. The third-order valence-electron chi connectivity index (χ3n) is 4.56. The van der Waals surface area contributed by atoms with E-state index in [0.717, 1.165) is 24.7 Å². The van der Waals surface area contributed by atoms with Gasteiger partial charge in [-0.05, 0) is 49.9 Å².